The van der Waals surface area contributed by atoms with Crippen LogP contribution in [-0.4, -0.2) is 21.4 Å². The molecule has 3 rings (SSSR count). The van der Waals surface area contributed by atoms with Crippen LogP contribution in [0, 0.1) is 0 Å². The highest BCUT2D eigenvalue weighted by Gasteiger charge is 2.12. The van der Waals surface area contributed by atoms with Crippen LogP contribution in [0.25, 0.3) is 0 Å². The molecule has 0 spiro atoms. The molecule has 100 valence electrons. The molecule has 0 saturated heterocycles. The molecule has 0 saturated carbocycles. The summed E-state index contributed by atoms with van der Waals surface area (Å²) in [6.07, 6.45) is 3.70. The highest BCUT2D eigenvalue weighted by molar-refractivity contribution is 5.39. The fourth-order valence-electron chi connectivity index (χ4n) is 2.26. The third-order valence-corrected chi connectivity index (χ3v) is 3.34. The summed E-state index contributed by atoms with van der Waals surface area (Å²) >= 11 is 0. The van der Waals surface area contributed by atoms with Crippen molar-refractivity contribution < 1.29 is 4.74 Å². The number of hydrogen-bond donors (Lipinski definition) is 1. The smallest absolute Gasteiger partial charge is 0.166 e. The summed E-state index contributed by atoms with van der Waals surface area (Å²) in [4.78, 5) is 4.19. The number of rotatable bonds is 4. The number of nitrogens with zero attached hydrogens (tertiary/aromatic N) is 3. The van der Waals surface area contributed by atoms with Crippen molar-refractivity contribution in [2.75, 3.05) is 6.61 Å². The molecule has 19 heavy (non-hydrogen) atoms. The summed E-state index contributed by atoms with van der Waals surface area (Å²) in [5, 5.41) is 4.35. The lowest BCUT2D eigenvalue weighted by atomic mass is 10.1. The highest BCUT2D eigenvalue weighted by atomic mass is 16.5. The second-order valence-electron chi connectivity index (χ2n) is 4.95. The SMILES string of the molecule is CC(N)c1ncn(CCc2ccc3c(c2)CCO3)n1. The Bertz CT molecular complexity index is 577. The normalized spacial score (nSPS) is 15.1. The molecule has 0 amide bonds. The van der Waals surface area contributed by atoms with Crippen LogP contribution in [0.4, 0.5) is 0 Å². The minimum atomic E-state index is -0.113. The van der Waals surface area contributed by atoms with Crippen molar-refractivity contribution in [3.8, 4) is 5.75 Å². The number of fused-ring (bicyclic) bond motifs is 1. The van der Waals surface area contributed by atoms with Crippen LogP contribution in [0.1, 0.15) is 29.9 Å². The van der Waals surface area contributed by atoms with E-state index >= 15 is 0 Å². The Morgan fingerprint density at radius 2 is 2.37 bits per heavy atom. The van der Waals surface area contributed by atoms with Crippen LogP contribution < -0.4 is 10.5 Å². The van der Waals surface area contributed by atoms with Crippen LogP contribution in [0.2, 0.25) is 0 Å². The van der Waals surface area contributed by atoms with Crippen molar-refractivity contribution in [3.05, 3.63) is 41.5 Å². The van der Waals surface area contributed by atoms with Crippen molar-refractivity contribution in [1.82, 2.24) is 14.8 Å². The molecule has 1 aromatic heterocycles. The van der Waals surface area contributed by atoms with Gasteiger partial charge in [-0.25, -0.2) is 4.98 Å². The predicted molar refractivity (Wildman–Crippen MR) is 72.0 cm³/mol. The van der Waals surface area contributed by atoms with E-state index in [-0.39, 0.29) is 6.04 Å². The van der Waals surface area contributed by atoms with Crippen LogP contribution >= 0.6 is 0 Å². The van der Waals surface area contributed by atoms with Crippen LogP contribution in [0.3, 0.4) is 0 Å². The summed E-state index contributed by atoms with van der Waals surface area (Å²) in [5.41, 5.74) is 8.36. The summed E-state index contributed by atoms with van der Waals surface area (Å²) < 4.78 is 7.35. The topological polar surface area (TPSA) is 66.0 Å². The van der Waals surface area contributed by atoms with E-state index in [2.05, 4.69) is 28.3 Å². The standard InChI is InChI=1S/C14H18N4O/c1-10(15)14-16-9-18(17-14)6-4-11-2-3-13-12(8-11)5-7-19-13/h2-3,8-10H,4-7,15H2,1H3. The van der Waals surface area contributed by atoms with Gasteiger partial charge in [0.15, 0.2) is 5.82 Å². The van der Waals surface area contributed by atoms with Gasteiger partial charge in [-0.1, -0.05) is 12.1 Å². The molecular weight excluding hydrogens is 240 g/mol. The van der Waals surface area contributed by atoms with Gasteiger partial charge >= 0.3 is 0 Å². The number of ether oxygens (including phenoxy) is 1. The number of nitrogens with two attached hydrogens (primary N) is 1. The van der Waals surface area contributed by atoms with Crippen LogP contribution in [0.5, 0.6) is 5.75 Å². The molecule has 1 unspecified atom stereocenters. The Kier molecular flexibility index (Phi) is 3.21. The number of aryl methyl sites for hydroxylation is 2. The van der Waals surface area contributed by atoms with Crippen LogP contribution in [-0.2, 0) is 19.4 Å². The Morgan fingerprint density at radius 3 is 3.16 bits per heavy atom. The first-order valence-corrected chi connectivity index (χ1v) is 6.62. The van der Waals surface area contributed by atoms with Crippen molar-refractivity contribution in [1.29, 1.82) is 0 Å². The van der Waals surface area contributed by atoms with E-state index in [9.17, 15) is 0 Å². The van der Waals surface area contributed by atoms with E-state index in [1.807, 2.05) is 11.6 Å². The molecule has 5 nitrogen and oxygen atoms in total. The lowest BCUT2D eigenvalue weighted by Gasteiger charge is -2.04. The van der Waals surface area contributed by atoms with E-state index in [0.29, 0.717) is 5.82 Å². The Morgan fingerprint density at radius 1 is 1.47 bits per heavy atom. The van der Waals surface area contributed by atoms with E-state index in [0.717, 1.165) is 31.7 Å². The van der Waals surface area contributed by atoms with E-state index in [4.69, 9.17) is 10.5 Å². The fraction of sp³-hybridized carbons (Fsp3) is 0.429. The largest absolute Gasteiger partial charge is 0.493 e. The van der Waals surface area contributed by atoms with Gasteiger partial charge in [-0.05, 0) is 30.5 Å². The van der Waals surface area contributed by atoms with Gasteiger partial charge < -0.3 is 10.5 Å². The first-order valence-electron chi connectivity index (χ1n) is 6.62. The number of benzene rings is 1. The third-order valence-electron chi connectivity index (χ3n) is 3.34. The molecule has 2 N–H and O–H groups in total. The Hall–Kier alpha value is -1.88. The number of hydrogen-bond acceptors (Lipinski definition) is 4. The average Bonchev–Trinajstić information content (AvgIpc) is 3.04. The Labute approximate surface area is 112 Å². The molecule has 1 atom stereocenters. The second kappa shape index (κ2) is 5.01. The zero-order valence-electron chi connectivity index (χ0n) is 11.0. The molecule has 2 aromatic rings. The van der Waals surface area contributed by atoms with Gasteiger partial charge in [0.05, 0.1) is 12.6 Å². The zero-order valence-corrected chi connectivity index (χ0v) is 11.0. The van der Waals surface area contributed by atoms with Crippen molar-refractivity contribution in [2.45, 2.75) is 32.4 Å². The molecule has 0 aliphatic carbocycles. The highest BCUT2D eigenvalue weighted by Crippen LogP contribution is 2.26. The van der Waals surface area contributed by atoms with Gasteiger partial charge in [0.1, 0.15) is 12.1 Å². The molecule has 0 fully saturated rings. The van der Waals surface area contributed by atoms with Crippen LogP contribution in [0.15, 0.2) is 24.5 Å². The third kappa shape index (κ3) is 2.61. The van der Waals surface area contributed by atoms with Gasteiger partial charge in [-0.15, -0.1) is 0 Å². The van der Waals surface area contributed by atoms with E-state index in [1.165, 1.54) is 11.1 Å². The summed E-state index contributed by atoms with van der Waals surface area (Å²) in [6.45, 7) is 3.51. The van der Waals surface area contributed by atoms with Crippen molar-refractivity contribution >= 4 is 0 Å². The first-order chi connectivity index (χ1) is 9.22. The minimum Gasteiger partial charge on any atom is -0.493 e. The average molecular weight is 258 g/mol. The molecule has 1 aromatic carbocycles. The maximum Gasteiger partial charge on any atom is 0.166 e. The molecule has 0 bridgehead atoms. The van der Waals surface area contributed by atoms with Gasteiger partial charge in [-0.2, -0.15) is 5.10 Å². The summed E-state index contributed by atoms with van der Waals surface area (Å²) in [6, 6.07) is 6.30. The maximum absolute atomic E-state index is 5.74. The number of aromatic nitrogens is 3. The molecule has 5 heteroatoms. The first kappa shape index (κ1) is 12.2. The van der Waals surface area contributed by atoms with Gasteiger partial charge in [0.2, 0.25) is 0 Å². The maximum atomic E-state index is 5.74. The quantitative estimate of drug-likeness (QED) is 0.902. The minimum absolute atomic E-state index is 0.113. The fourth-order valence-corrected chi connectivity index (χ4v) is 2.26. The molecule has 0 radical (unpaired) electrons. The molecule has 1 aliphatic heterocycles. The lowest BCUT2D eigenvalue weighted by molar-refractivity contribution is 0.357. The summed E-state index contributed by atoms with van der Waals surface area (Å²) in [7, 11) is 0. The molecule has 2 heterocycles. The lowest BCUT2D eigenvalue weighted by Crippen LogP contribution is -2.09. The van der Waals surface area contributed by atoms with Crippen molar-refractivity contribution in [3.63, 3.8) is 0 Å². The van der Waals surface area contributed by atoms with Crippen molar-refractivity contribution in [2.24, 2.45) is 5.73 Å². The molecule has 1 aliphatic rings. The molecular formula is C14H18N4O. The van der Waals surface area contributed by atoms with Gasteiger partial charge in [0.25, 0.3) is 0 Å². The van der Waals surface area contributed by atoms with E-state index in [1.54, 1.807) is 6.33 Å². The summed E-state index contributed by atoms with van der Waals surface area (Å²) in [5.74, 6) is 1.73. The van der Waals surface area contributed by atoms with Gasteiger partial charge in [-0.3, -0.25) is 4.68 Å². The Balaban J connectivity index is 1.65. The van der Waals surface area contributed by atoms with Gasteiger partial charge in [0, 0.05) is 13.0 Å². The van der Waals surface area contributed by atoms with E-state index < -0.39 is 0 Å². The zero-order chi connectivity index (χ0) is 13.2. The predicted octanol–water partition coefficient (Wildman–Crippen LogP) is 1.48. The second-order valence-corrected chi connectivity index (χ2v) is 4.95. The monoisotopic (exact) mass is 258 g/mol.